The minimum Gasteiger partial charge on any atom is -0.306 e. The van der Waals surface area contributed by atoms with Gasteiger partial charge >= 0.3 is 6.18 Å². The van der Waals surface area contributed by atoms with Crippen molar-refractivity contribution in [3.63, 3.8) is 0 Å². The number of amides is 2. The number of benzene rings is 2. The lowest BCUT2D eigenvalue weighted by Crippen LogP contribution is -2.51. The Morgan fingerprint density at radius 3 is 2.23 bits per heavy atom. The predicted molar refractivity (Wildman–Crippen MR) is 109 cm³/mol. The first-order valence-electron chi connectivity index (χ1n) is 9.61. The van der Waals surface area contributed by atoms with Crippen LogP contribution in [0.1, 0.15) is 29.9 Å². The number of halogens is 3. The molecule has 3 aromatic rings. The first kappa shape index (κ1) is 20.6. The number of para-hydroxylation sites is 3. The highest BCUT2D eigenvalue weighted by Gasteiger charge is 2.43. The Labute approximate surface area is 176 Å². The van der Waals surface area contributed by atoms with E-state index in [-0.39, 0.29) is 18.1 Å². The largest absolute Gasteiger partial charge is 0.434 e. The van der Waals surface area contributed by atoms with Gasteiger partial charge < -0.3 is 9.80 Å². The van der Waals surface area contributed by atoms with Gasteiger partial charge in [-0.1, -0.05) is 30.3 Å². The highest BCUT2D eigenvalue weighted by molar-refractivity contribution is 6.11. The molecule has 1 unspecified atom stereocenters. The van der Waals surface area contributed by atoms with Gasteiger partial charge in [0.1, 0.15) is 0 Å². The van der Waals surface area contributed by atoms with Crippen molar-refractivity contribution in [3.05, 3.63) is 72.1 Å². The molecule has 1 atom stereocenters. The smallest absolute Gasteiger partial charge is 0.306 e. The number of hydrogen-bond donors (Lipinski definition) is 0. The van der Waals surface area contributed by atoms with Gasteiger partial charge in [0.2, 0.25) is 5.91 Å². The zero-order chi connectivity index (χ0) is 22.3. The van der Waals surface area contributed by atoms with E-state index in [1.165, 1.54) is 28.9 Å². The fourth-order valence-electron chi connectivity index (χ4n) is 3.94. The minimum absolute atomic E-state index is 0.0588. The third-order valence-electron chi connectivity index (χ3n) is 5.17. The molecule has 0 saturated carbocycles. The van der Waals surface area contributed by atoms with Crippen LogP contribution in [-0.4, -0.2) is 34.2 Å². The van der Waals surface area contributed by atoms with E-state index in [2.05, 4.69) is 5.10 Å². The first-order chi connectivity index (χ1) is 14.7. The quantitative estimate of drug-likeness (QED) is 0.612. The summed E-state index contributed by atoms with van der Waals surface area (Å²) in [5.41, 5.74) is -0.631. The Balaban J connectivity index is 1.83. The number of carbonyl (C=O) groups is 2. The normalized spacial score (nSPS) is 16.2. The van der Waals surface area contributed by atoms with Gasteiger partial charge in [-0.25, -0.2) is 4.68 Å². The molecule has 0 fully saturated rings. The van der Waals surface area contributed by atoms with Crippen LogP contribution in [-0.2, 0) is 11.0 Å². The third kappa shape index (κ3) is 3.56. The molecule has 0 bridgehead atoms. The summed E-state index contributed by atoms with van der Waals surface area (Å²) in [6, 6.07) is 14.1. The second-order valence-electron chi connectivity index (χ2n) is 7.29. The molecule has 160 valence electrons. The summed E-state index contributed by atoms with van der Waals surface area (Å²) in [5, 5.41) is 3.87. The maximum Gasteiger partial charge on any atom is 0.434 e. The number of aromatic nitrogens is 2. The maximum absolute atomic E-state index is 14.0. The monoisotopic (exact) mass is 428 g/mol. The average Bonchev–Trinajstić information content (AvgIpc) is 3.19. The van der Waals surface area contributed by atoms with E-state index < -0.39 is 29.4 Å². The van der Waals surface area contributed by atoms with Crippen LogP contribution in [0.5, 0.6) is 0 Å². The highest BCUT2D eigenvalue weighted by atomic mass is 19.4. The summed E-state index contributed by atoms with van der Waals surface area (Å²) in [7, 11) is 0. The summed E-state index contributed by atoms with van der Waals surface area (Å²) < 4.78 is 42.8. The summed E-state index contributed by atoms with van der Waals surface area (Å²) in [5.74, 6) is -1.03. The van der Waals surface area contributed by atoms with Gasteiger partial charge in [0.15, 0.2) is 5.69 Å². The molecule has 0 radical (unpaired) electrons. The number of carbonyl (C=O) groups excluding carboxylic acids is 2. The van der Waals surface area contributed by atoms with Crippen LogP contribution in [0.3, 0.4) is 0 Å². The van der Waals surface area contributed by atoms with Crippen LogP contribution < -0.4 is 9.80 Å². The molecule has 4 rings (SSSR count). The second-order valence-corrected chi connectivity index (χ2v) is 7.29. The molecule has 6 nitrogen and oxygen atoms in total. The molecule has 0 N–H and O–H groups in total. The number of fused-ring (bicyclic) bond motifs is 1. The summed E-state index contributed by atoms with van der Waals surface area (Å²) in [4.78, 5) is 28.3. The number of anilines is 2. The topological polar surface area (TPSA) is 58.4 Å². The molecule has 2 heterocycles. The van der Waals surface area contributed by atoms with Crippen LogP contribution in [0.25, 0.3) is 5.69 Å². The zero-order valence-corrected chi connectivity index (χ0v) is 16.8. The van der Waals surface area contributed by atoms with E-state index in [4.69, 9.17) is 0 Å². The van der Waals surface area contributed by atoms with Crippen molar-refractivity contribution in [1.29, 1.82) is 0 Å². The first-order valence-corrected chi connectivity index (χ1v) is 9.61. The van der Waals surface area contributed by atoms with E-state index in [0.29, 0.717) is 11.4 Å². The molecule has 2 amide bonds. The van der Waals surface area contributed by atoms with Crippen molar-refractivity contribution in [2.75, 3.05) is 16.3 Å². The van der Waals surface area contributed by atoms with Crippen LogP contribution >= 0.6 is 0 Å². The minimum atomic E-state index is -4.80. The molecule has 1 aliphatic rings. The van der Waals surface area contributed by atoms with Gasteiger partial charge in [-0.3, -0.25) is 9.59 Å². The van der Waals surface area contributed by atoms with Crippen molar-refractivity contribution >= 4 is 23.2 Å². The van der Waals surface area contributed by atoms with Crippen molar-refractivity contribution in [2.24, 2.45) is 0 Å². The molecule has 9 heteroatoms. The maximum atomic E-state index is 14.0. The SMILES string of the molecule is CC(=O)N1c2ccccc2N(C(=O)c2cnn(-c3ccccc3)c2C(F)(F)F)CC1C. The number of nitrogens with zero attached hydrogens (tertiary/aromatic N) is 4. The van der Waals surface area contributed by atoms with E-state index >= 15 is 0 Å². The van der Waals surface area contributed by atoms with Gasteiger partial charge in [0.25, 0.3) is 5.91 Å². The van der Waals surface area contributed by atoms with Gasteiger partial charge in [0.05, 0.1) is 34.9 Å². The summed E-state index contributed by atoms with van der Waals surface area (Å²) >= 11 is 0. The molecule has 1 aliphatic heterocycles. The standard InChI is InChI=1S/C22H19F3N4O2/c1-14-13-27(18-10-6-7-11-19(18)28(14)15(2)30)21(31)17-12-26-29(20(17)22(23,24)25)16-8-4-3-5-9-16/h3-12,14H,13H2,1-2H3. The fourth-order valence-corrected chi connectivity index (χ4v) is 3.94. The third-order valence-corrected chi connectivity index (χ3v) is 5.17. The Bertz CT molecular complexity index is 1140. The Hall–Kier alpha value is -3.62. The molecule has 31 heavy (non-hydrogen) atoms. The lowest BCUT2D eigenvalue weighted by atomic mass is 10.1. The molecule has 1 aromatic heterocycles. The summed E-state index contributed by atoms with van der Waals surface area (Å²) in [6.07, 6.45) is -3.85. The van der Waals surface area contributed by atoms with Crippen LogP contribution in [0.15, 0.2) is 60.8 Å². The van der Waals surface area contributed by atoms with Crippen molar-refractivity contribution in [3.8, 4) is 5.69 Å². The van der Waals surface area contributed by atoms with Gasteiger partial charge in [-0.05, 0) is 31.2 Å². The molecular formula is C22H19F3N4O2. The van der Waals surface area contributed by atoms with Crippen molar-refractivity contribution in [1.82, 2.24) is 9.78 Å². The van der Waals surface area contributed by atoms with E-state index in [0.717, 1.165) is 10.9 Å². The average molecular weight is 428 g/mol. The lowest BCUT2D eigenvalue weighted by Gasteiger charge is -2.40. The predicted octanol–water partition coefficient (Wildman–Crippen LogP) is 4.29. The Morgan fingerprint density at radius 1 is 1.00 bits per heavy atom. The van der Waals surface area contributed by atoms with Crippen LogP contribution in [0.4, 0.5) is 24.5 Å². The van der Waals surface area contributed by atoms with Crippen molar-refractivity contribution < 1.29 is 22.8 Å². The fraction of sp³-hybridized carbons (Fsp3) is 0.227. The zero-order valence-electron chi connectivity index (χ0n) is 16.8. The molecule has 0 aliphatic carbocycles. The van der Waals surface area contributed by atoms with E-state index in [1.807, 2.05) is 0 Å². The van der Waals surface area contributed by atoms with Gasteiger partial charge in [0, 0.05) is 13.5 Å². The number of hydrogen-bond acceptors (Lipinski definition) is 3. The molecule has 0 saturated heterocycles. The Morgan fingerprint density at radius 2 is 1.61 bits per heavy atom. The van der Waals surface area contributed by atoms with E-state index in [1.54, 1.807) is 49.4 Å². The Kier molecular flexibility index (Phi) is 5.04. The number of rotatable bonds is 2. The van der Waals surface area contributed by atoms with Crippen LogP contribution in [0.2, 0.25) is 0 Å². The second kappa shape index (κ2) is 7.57. The van der Waals surface area contributed by atoms with Crippen molar-refractivity contribution in [2.45, 2.75) is 26.1 Å². The van der Waals surface area contributed by atoms with Gasteiger partial charge in [-0.15, -0.1) is 0 Å². The van der Waals surface area contributed by atoms with E-state index in [9.17, 15) is 22.8 Å². The van der Waals surface area contributed by atoms with Gasteiger partial charge in [-0.2, -0.15) is 18.3 Å². The summed E-state index contributed by atoms with van der Waals surface area (Å²) in [6.45, 7) is 3.22. The highest BCUT2D eigenvalue weighted by Crippen LogP contribution is 2.39. The molecular weight excluding hydrogens is 409 g/mol. The lowest BCUT2D eigenvalue weighted by molar-refractivity contribution is -0.143. The number of alkyl halides is 3. The molecule has 0 spiro atoms. The van der Waals surface area contributed by atoms with Crippen LogP contribution in [0, 0.1) is 0 Å². The molecule has 2 aromatic carbocycles.